The molecule has 0 radical (unpaired) electrons. The van der Waals surface area contributed by atoms with Gasteiger partial charge in [0, 0.05) is 25.4 Å². The van der Waals surface area contributed by atoms with Gasteiger partial charge in [-0.1, -0.05) is 68.4 Å². The SMILES string of the molecule is CC(C)C(=O)NC(C)(C)C(=O)N[P+](c1ccccc1)(c1ccccc1)c1ccccc1.[Ru]. The summed E-state index contributed by atoms with van der Waals surface area (Å²) in [6, 6.07) is 30.3. The maximum absolute atomic E-state index is 13.7. The van der Waals surface area contributed by atoms with Crippen molar-refractivity contribution in [3.05, 3.63) is 91.0 Å². The fraction of sp³-hybridized carbons (Fsp3) is 0.231. The fourth-order valence-electron chi connectivity index (χ4n) is 3.40. The zero-order valence-electron chi connectivity index (χ0n) is 18.9. The summed E-state index contributed by atoms with van der Waals surface area (Å²) in [5.74, 6) is -0.571. The minimum absolute atomic E-state index is 0. The Morgan fingerprint density at radius 1 is 0.719 bits per heavy atom. The van der Waals surface area contributed by atoms with Crippen LogP contribution >= 0.6 is 7.41 Å². The zero-order chi connectivity index (χ0) is 22.5. The van der Waals surface area contributed by atoms with Gasteiger partial charge in [0.1, 0.15) is 21.5 Å². The van der Waals surface area contributed by atoms with E-state index in [0.717, 1.165) is 15.9 Å². The number of rotatable bonds is 7. The molecule has 168 valence electrons. The summed E-state index contributed by atoms with van der Waals surface area (Å²) in [6.45, 7) is 7.13. The molecule has 2 N–H and O–H groups in total. The van der Waals surface area contributed by atoms with Crippen LogP contribution in [0.15, 0.2) is 91.0 Å². The Labute approximate surface area is 204 Å². The van der Waals surface area contributed by atoms with Crippen LogP contribution in [-0.2, 0) is 29.1 Å². The van der Waals surface area contributed by atoms with Crippen LogP contribution in [0.2, 0.25) is 0 Å². The maximum atomic E-state index is 13.7. The molecule has 3 aromatic rings. The van der Waals surface area contributed by atoms with Crippen molar-refractivity contribution in [3.8, 4) is 0 Å². The molecule has 0 heterocycles. The molecule has 3 aromatic carbocycles. The van der Waals surface area contributed by atoms with Gasteiger partial charge in [-0.05, 0) is 50.2 Å². The Morgan fingerprint density at radius 3 is 1.38 bits per heavy atom. The number of benzene rings is 3. The molecule has 4 nitrogen and oxygen atoms in total. The summed E-state index contributed by atoms with van der Waals surface area (Å²) < 4.78 is 0. The number of carbonyl (C=O) groups is 2. The molecule has 0 aliphatic carbocycles. The van der Waals surface area contributed by atoms with Crippen LogP contribution in [0, 0.1) is 5.92 Å². The molecule has 0 aromatic heterocycles. The molecular formula is C26H30N2O2PRu+. The van der Waals surface area contributed by atoms with Crippen molar-refractivity contribution < 1.29 is 29.1 Å². The van der Waals surface area contributed by atoms with Gasteiger partial charge in [0.05, 0.1) is 0 Å². The van der Waals surface area contributed by atoms with Crippen LogP contribution in [0.5, 0.6) is 0 Å². The van der Waals surface area contributed by atoms with Crippen molar-refractivity contribution in [2.45, 2.75) is 33.2 Å². The van der Waals surface area contributed by atoms with E-state index in [2.05, 4.69) is 46.8 Å². The molecular weight excluding hydrogens is 504 g/mol. The second-order valence-corrected chi connectivity index (χ2v) is 11.5. The van der Waals surface area contributed by atoms with E-state index in [4.69, 9.17) is 0 Å². The summed E-state index contributed by atoms with van der Waals surface area (Å²) in [7, 11) is -2.52. The Morgan fingerprint density at radius 2 is 1.06 bits per heavy atom. The molecule has 32 heavy (non-hydrogen) atoms. The minimum atomic E-state index is -2.52. The van der Waals surface area contributed by atoms with Crippen LogP contribution < -0.4 is 26.3 Å². The monoisotopic (exact) mass is 535 g/mol. The van der Waals surface area contributed by atoms with Crippen LogP contribution in [0.4, 0.5) is 0 Å². The van der Waals surface area contributed by atoms with Gasteiger partial charge in [0.25, 0.3) is 5.91 Å². The van der Waals surface area contributed by atoms with E-state index in [1.54, 1.807) is 13.8 Å². The molecule has 3 rings (SSSR count). The van der Waals surface area contributed by atoms with E-state index < -0.39 is 13.0 Å². The van der Waals surface area contributed by atoms with Gasteiger partial charge >= 0.3 is 0 Å². The number of hydrogen-bond donors (Lipinski definition) is 2. The molecule has 0 aliphatic heterocycles. The van der Waals surface area contributed by atoms with Gasteiger partial charge in [0.2, 0.25) is 13.3 Å². The van der Waals surface area contributed by atoms with Crippen molar-refractivity contribution in [3.63, 3.8) is 0 Å². The Balaban J connectivity index is 0.00000363. The van der Waals surface area contributed by atoms with Gasteiger partial charge in [-0.2, -0.15) is 0 Å². The van der Waals surface area contributed by atoms with Crippen LogP contribution in [0.3, 0.4) is 0 Å². The predicted octanol–water partition coefficient (Wildman–Crippen LogP) is 3.56. The van der Waals surface area contributed by atoms with E-state index in [9.17, 15) is 9.59 Å². The molecule has 2 amide bonds. The second-order valence-electron chi connectivity index (χ2n) is 8.39. The third kappa shape index (κ3) is 5.52. The van der Waals surface area contributed by atoms with Crippen molar-refractivity contribution in [2.24, 2.45) is 5.92 Å². The van der Waals surface area contributed by atoms with Crippen LogP contribution in [0.25, 0.3) is 0 Å². The van der Waals surface area contributed by atoms with Gasteiger partial charge in [0.15, 0.2) is 0 Å². The quantitative estimate of drug-likeness (QED) is 0.360. The molecule has 0 saturated heterocycles. The Bertz CT molecular complexity index is 929. The molecule has 0 bridgehead atoms. The van der Waals surface area contributed by atoms with Crippen LogP contribution in [-0.4, -0.2) is 17.4 Å². The normalized spacial score (nSPS) is 11.4. The minimum Gasteiger partial charge on any atom is -0.342 e. The number of nitrogens with one attached hydrogen (secondary N) is 2. The first-order valence-electron chi connectivity index (χ1n) is 10.5. The van der Waals surface area contributed by atoms with E-state index >= 15 is 0 Å². The number of amides is 2. The smallest absolute Gasteiger partial charge is 0.277 e. The summed E-state index contributed by atoms with van der Waals surface area (Å²) in [4.78, 5) is 26.0. The molecule has 0 spiro atoms. The van der Waals surface area contributed by atoms with Gasteiger partial charge in [-0.25, -0.2) is 5.09 Å². The third-order valence-electron chi connectivity index (χ3n) is 5.23. The zero-order valence-corrected chi connectivity index (χ0v) is 21.5. The van der Waals surface area contributed by atoms with E-state index in [1.165, 1.54) is 0 Å². The first kappa shape index (κ1) is 25.9. The summed E-state index contributed by atoms with van der Waals surface area (Å²) >= 11 is 0. The van der Waals surface area contributed by atoms with Crippen molar-refractivity contribution >= 4 is 35.1 Å². The summed E-state index contributed by atoms with van der Waals surface area (Å²) in [5.41, 5.74) is -1.06. The predicted molar refractivity (Wildman–Crippen MR) is 130 cm³/mol. The third-order valence-corrected chi connectivity index (χ3v) is 8.98. The van der Waals surface area contributed by atoms with E-state index in [-0.39, 0.29) is 37.2 Å². The number of carbonyl (C=O) groups excluding carboxylic acids is 2. The molecule has 0 aliphatic rings. The van der Waals surface area contributed by atoms with Crippen molar-refractivity contribution in [2.75, 3.05) is 0 Å². The summed E-state index contributed by atoms with van der Waals surface area (Å²) in [5, 5.41) is 9.46. The topological polar surface area (TPSA) is 58.2 Å². The first-order valence-corrected chi connectivity index (χ1v) is 12.3. The first-order chi connectivity index (χ1) is 14.8. The Kier molecular flexibility index (Phi) is 8.90. The van der Waals surface area contributed by atoms with Gasteiger partial charge in [-0.15, -0.1) is 0 Å². The maximum Gasteiger partial charge on any atom is 0.277 e. The van der Waals surface area contributed by atoms with E-state index in [1.807, 2.05) is 68.4 Å². The fourth-order valence-corrected chi connectivity index (χ4v) is 7.12. The molecule has 0 saturated carbocycles. The molecule has 0 unspecified atom stereocenters. The second kappa shape index (κ2) is 11.0. The molecule has 6 heteroatoms. The number of hydrogen-bond acceptors (Lipinski definition) is 2. The average molecular weight is 535 g/mol. The Hall–Kier alpha value is -2.35. The average Bonchev–Trinajstić information content (AvgIpc) is 2.78. The summed E-state index contributed by atoms with van der Waals surface area (Å²) in [6.07, 6.45) is 0. The van der Waals surface area contributed by atoms with Crippen LogP contribution in [0.1, 0.15) is 27.7 Å². The van der Waals surface area contributed by atoms with E-state index in [0.29, 0.717) is 0 Å². The standard InChI is InChI=1S/C26H29N2O2P.Ru/c1-20(2)24(29)27-26(3,4)25(30)28-31(21-14-8-5-9-15-21,22-16-10-6-11-17-22)23-18-12-7-13-19-23;/h5-20H,1-4H3,(H-,27,28,29,30);/p+1. The van der Waals surface area contributed by atoms with Crippen molar-refractivity contribution in [1.29, 1.82) is 0 Å². The molecule has 0 atom stereocenters. The van der Waals surface area contributed by atoms with Gasteiger partial charge in [-0.3, -0.25) is 9.59 Å². The molecule has 0 fully saturated rings. The largest absolute Gasteiger partial charge is 0.342 e. The van der Waals surface area contributed by atoms with Gasteiger partial charge < -0.3 is 5.32 Å². The van der Waals surface area contributed by atoms with Crippen molar-refractivity contribution in [1.82, 2.24) is 10.4 Å².